The summed E-state index contributed by atoms with van der Waals surface area (Å²) in [4.78, 5) is 2.75. The maximum Gasteiger partial charge on any atom is 0.0124 e. The number of hydrogen-bond acceptors (Lipinski definition) is 2. The predicted octanol–water partition coefficient (Wildman–Crippen LogP) is 3.01. The Balaban J connectivity index is 1.95. The number of hydrogen-bond donors (Lipinski definition) is 1. The lowest BCUT2D eigenvalue weighted by molar-refractivity contribution is 0.117. The normalized spacial score (nSPS) is 30.0. The third-order valence-electron chi connectivity index (χ3n) is 5.20. The summed E-state index contributed by atoms with van der Waals surface area (Å²) in [5, 5.41) is 0. The molecule has 0 aromatic heterocycles. The van der Waals surface area contributed by atoms with Crippen LogP contribution in [0.5, 0.6) is 0 Å². The number of nitrogens with zero attached hydrogens (tertiary/aromatic N) is 1. The van der Waals surface area contributed by atoms with Crippen LogP contribution in [0.25, 0.3) is 0 Å². The fourth-order valence-electron chi connectivity index (χ4n) is 3.59. The summed E-state index contributed by atoms with van der Waals surface area (Å²) in [6, 6.07) is 1.16. The van der Waals surface area contributed by atoms with Gasteiger partial charge >= 0.3 is 0 Å². The van der Waals surface area contributed by atoms with Crippen molar-refractivity contribution in [2.45, 2.75) is 71.4 Å². The molecule has 2 fully saturated rings. The number of rotatable bonds is 4. The van der Waals surface area contributed by atoms with Crippen LogP contribution in [0.2, 0.25) is 0 Å². The van der Waals surface area contributed by atoms with Crippen molar-refractivity contribution in [3.63, 3.8) is 0 Å². The fourth-order valence-corrected chi connectivity index (χ4v) is 3.59. The molecule has 0 bridgehead atoms. The molecule has 2 nitrogen and oxygen atoms in total. The van der Waals surface area contributed by atoms with Gasteiger partial charge in [-0.15, -0.1) is 0 Å². The molecule has 2 rings (SSSR count). The van der Waals surface area contributed by atoms with E-state index in [1.54, 1.807) is 0 Å². The maximum atomic E-state index is 6.12. The van der Waals surface area contributed by atoms with E-state index in [0.717, 1.165) is 12.0 Å². The minimum atomic E-state index is 0.251. The molecule has 1 saturated carbocycles. The van der Waals surface area contributed by atoms with Gasteiger partial charge in [0.1, 0.15) is 0 Å². The molecule has 17 heavy (non-hydrogen) atoms. The lowest BCUT2D eigenvalue weighted by Crippen LogP contribution is -2.47. The zero-order valence-corrected chi connectivity index (χ0v) is 11.9. The second-order valence-electron chi connectivity index (χ2n) is 7.00. The first-order chi connectivity index (χ1) is 8.00. The van der Waals surface area contributed by atoms with E-state index < -0.39 is 0 Å². The van der Waals surface area contributed by atoms with Crippen molar-refractivity contribution >= 4 is 0 Å². The van der Waals surface area contributed by atoms with E-state index in [4.69, 9.17) is 5.73 Å². The smallest absolute Gasteiger partial charge is 0.0124 e. The topological polar surface area (TPSA) is 29.3 Å². The lowest BCUT2D eigenvalue weighted by Gasteiger charge is -2.38. The van der Waals surface area contributed by atoms with Gasteiger partial charge in [0.15, 0.2) is 0 Å². The highest BCUT2D eigenvalue weighted by molar-refractivity contribution is 4.91. The molecule has 0 radical (unpaired) electrons. The number of likely N-dealkylation sites (tertiary alicyclic amines) is 1. The predicted molar refractivity (Wildman–Crippen MR) is 74.0 cm³/mol. The van der Waals surface area contributed by atoms with Crippen molar-refractivity contribution in [2.75, 3.05) is 13.1 Å². The summed E-state index contributed by atoms with van der Waals surface area (Å²) in [6.45, 7) is 9.28. The Morgan fingerprint density at radius 1 is 1.18 bits per heavy atom. The van der Waals surface area contributed by atoms with Gasteiger partial charge < -0.3 is 5.73 Å². The van der Waals surface area contributed by atoms with Crippen LogP contribution < -0.4 is 5.73 Å². The molecule has 0 aromatic rings. The molecule has 2 heteroatoms. The Morgan fingerprint density at radius 2 is 1.82 bits per heavy atom. The summed E-state index contributed by atoms with van der Waals surface area (Å²) in [6.07, 6.45) is 8.70. The fraction of sp³-hybridized carbons (Fsp3) is 1.00. The molecule has 0 amide bonds. The van der Waals surface area contributed by atoms with Gasteiger partial charge in [0, 0.05) is 18.6 Å². The van der Waals surface area contributed by atoms with Gasteiger partial charge in [-0.05, 0) is 50.5 Å². The van der Waals surface area contributed by atoms with Crippen LogP contribution in [0.3, 0.4) is 0 Å². The molecule has 2 aliphatic rings. The summed E-state index contributed by atoms with van der Waals surface area (Å²) in [5.74, 6) is 0.987. The Hall–Kier alpha value is -0.0800. The van der Waals surface area contributed by atoms with Gasteiger partial charge in [-0.25, -0.2) is 0 Å². The van der Waals surface area contributed by atoms with Crippen molar-refractivity contribution in [1.29, 1.82) is 0 Å². The summed E-state index contributed by atoms with van der Waals surface area (Å²) in [5.41, 5.74) is 6.37. The van der Waals surface area contributed by atoms with Crippen LogP contribution in [0.15, 0.2) is 0 Å². The van der Waals surface area contributed by atoms with Crippen LogP contribution in [0.4, 0.5) is 0 Å². The van der Waals surface area contributed by atoms with E-state index in [9.17, 15) is 0 Å². The second-order valence-corrected chi connectivity index (χ2v) is 7.00. The molecule has 1 aliphatic heterocycles. The second kappa shape index (κ2) is 5.27. The van der Waals surface area contributed by atoms with Gasteiger partial charge in [0.05, 0.1) is 0 Å². The first-order valence-electron chi connectivity index (χ1n) is 7.50. The van der Waals surface area contributed by atoms with E-state index in [2.05, 4.69) is 25.7 Å². The highest BCUT2D eigenvalue weighted by Gasteiger charge is 2.36. The van der Waals surface area contributed by atoms with Gasteiger partial charge in [-0.3, -0.25) is 4.90 Å². The zero-order chi connectivity index (χ0) is 12.5. The lowest BCUT2D eigenvalue weighted by atomic mass is 9.84. The highest BCUT2D eigenvalue weighted by atomic mass is 15.2. The first-order valence-corrected chi connectivity index (χ1v) is 7.50. The van der Waals surface area contributed by atoms with Crippen molar-refractivity contribution in [2.24, 2.45) is 17.1 Å². The van der Waals surface area contributed by atoms with Crippen LogP contribution >= 0.6 is 0 Å². The average Bonchev–Trinajstić information content (AvgIpc) is 2.85. The molecule has 1 heterocycles. The maximum absolute atomic E-state index is 6.12. The Labute approximate surface area is 107 Å². The number of nitrogens with two attached hydrogens (primary N) is 1. The standard InChI is InChI=1S/C15H30N2/c1-12(16)15(2,3)11-17-10-6-9-14(17)13-7-4-5-8-13/h12-14H,4-11,16H2,1-3H3. The van der Waals surface area contributed by atoms with Gasteiger partial charge in [0.2, 0.25) is 0 Å². The minimum absolute atomic E-state index is 0.251. The van der Waals surface area contributed by atoms with E-state index in [0.29, 0.717) is 0 Å². The first kappa shape index (κ1) is 13.4. The third-order valence-corrected chi connectivity index (χ3v) is 5.20. The van der Waals surface area contributed by atoms with E-state index >= 15 is 0 Å². The van der Waals surface area contributed by atoms with Gasteiger partial charge in [-0.2, -0.15) is 0 Å². The van der Waals surface area contributed by atoms with Gasteiger partial charge in [-0.1, -0.05) is 26.7 Å². The Kier molecular flexibility index (Phi) is 4.14. The largest absolute Gasteiger partial charge is 0.327 e. The van der Waals surface area contributed by atoms with Crippen molar-refractivity contribution in [1.82, 2.24) is 4.90 Å². The average molecular weight is 238 g/mol. The molecule has 2 unspecified atom stereocenters. The molecular weight excluding hydrogens is 208 g/mol. The molecule has 1 aliphatic carbocycles. The van der Waals surface area contributed by atoms with Crippen LogP contribution in [0.1, 0.15) is 59.3 Å². The van der Waals surface area contributed by atoms with Gasteiger partial charge in [0.25, 0.3) is 0 Å². The minimum Gasteiger partial charge on any atom is -0.327 e. The molecular formula is C15H30N2. The molecule has 100 valence electrons. The van der Waals surface area contributed by atoms with E-state index in [-0.39, 0.29) is 11.5 Å². The SMILES string of the molecule is CC(N)C(C)(C)CN1CCCC1C1CCCC1. The van der Waals surface area contributed by atoms with E-state index in [1.165, 1.54) is 51.6 Å². The molecule has 0 spiro atoms. The third kappa shape index (κ3) is 3.03. The van der Waals surface area contributed by atoms with Crippen molar-refractivity contribution < 1.29 is 0 Å². The monoisotopic (exact) mass is 238 g/mol. The Morgan fingerprint density at radius 3 is 2.41 bits per heavy atom. The quantitative estimate of drug-likeness (QED) is 0.816. The van der Waals surface area contributed by atoms with E-state index in [1.807, 2.05) is 0 Å². The summed E-state index contributed by atoms with van der Waals surface area (Å²) in [7, 11) is 0. The summed E-state index contributed by atoms with van der Waals surface area (Å²) < 4.78 is 0. The molecule has 2 N–H and O–H groups in total. The molecule has 0 aromatic carbocycles. The van der Waals surface area contributed by atoms with Crippen LogP contribution in [-0.4, -0.2) is 30.1 Å². The van der Waals surface area contributed by atoms with Crippen molar-refractivity contribution in [3.05, 3.63) is 0 Å². The van der Waals surface area contributed by atoms with Crippen LogP contribution in [0, 0.1) is 11.3 Å². The highest BCUT2D eigenvalue weighted by Crippen LogP contribution is 2.37. The van der Waals surface area contributed by atoms with Crippen LogP contribution in [-0.2, 0) is 0 Å². The Bertz CT molecular complexity index is 241. The summed E-state index contributed by atoms with van der Waals surface area (Å²) >= 11 is 0. The zero-order valence-electron chi connectivity index (χ0n) is 11.9. The van der Waals surface area contributed by atoms with Crippen molar-refractivity contribution in [3.8, 4) is 0 Å². The molecule has 2 atom stereocenters. The molecule has 1 saturated heterocycles.